The number of hydrogen-bond donors (Lipinski definition) is 3. The molecule has 12 heteroatoms. The van der Waals surface area contributed by atoms with Gasteiger partial charge in [0.1, 0.15) is 26.7 Å². The van der Waals surface area contributed by atoms with Crippen LogP contribution in [-0.4, -0.2) is 25.7 Å². The highest BCUT2D eigenvalue weighted by molar-refractivity contribution is 7.81. The van der Waals surface area contributed by atoms with Crippen molar-refractivity contribution in [3.8, 4) is 0 Å². The fourth-order valence-corrected chi connectivity index (χ4v) is 2.79. The molecule has 0 heterocycles. The van der Waals surface area contributed by atoms with Gasteiger partial charge in [-0.2, -0.15) is 0 Å². The van der Waals surface area contributed by atoms with E-state index in [0.29, 0.717) is 6.42 Å². The molecule has 1 amide bonds. The lowest BCUT2D eigenvalue weighted by molar-refractivity contribution is -0.395. The van der Waals surface area contributed by atoms with Gasteiger partial charge in [0.25, 0.3) is 17.3 Å². The molecule has 128 valence electrons. The molecule has 0 unspecified atom stereocenters. The van der Waals surface area contributed by atoms with Gasteiger partial charge in [0.15, 0.2) is 0 Å². The number of nitro groups is 2. The minimum Gasteiger partial charge on any atom is -0.389 e. The maximum absolute atomic E-state index is 11.8. The lowest BCUT2D eigenvalue weighted by atomic mass is 9.90. The van der Waals surface area contributed by atoms with Crippen LogP contribution in [0.1, 0.15) is 40.4 Å². The van der Waals surface area contributed by atoms with Crippen molar-refractivity contribution in [3.63, 3.8) is 0 Å². The fourth-order valence-electron chi connectivity index (χ4n) is 2.39. The molecule has 0 aliphatic heterocycles. The molecule has 0 saturated carbocycles. The lowest BCUT2D eigenvalue weighted by Gasteiger charge is -2.15. The summed E-state index contributed by atoms with van der Waals surface area (Å²) in [6.07, 6.45) is 0.294. The molecular formula is C12H13N5O5S2. The van der Waals surface area contributed by atoms with Crippen molar-refractivity contribution in [3.05, 3.63) is 42.5 Å². The Balaban J connectivity index is 4.36. The van der Waals surface area contributed by atoms with Gasteiger partial charge in [0, 0.05) is 0 Å². The third-order valence-corrected chi connectivity index (χ3v) is 3.56. The topological polar surface area (TPSA) is 181 Å². The van der Waals surface area contributed by atoms with Gasteiger partial charge in [-0.1, -0.05) is 37.8 Å². The average Bonchev–Trinajstić information content (AvgIpc) is 2.44. The number of carbonyl (C=O) groups excluding carboxylic acids is 1. The number of amides is 1. The number of nitro benzene ring substituents is 2. The van der Waals surface area contributed by atoms with Crippen LogP contribution in [0.3, 0.4) is 0 Å². The van der Waals surface area contributed by atoms with Gasteiger partial charge in [-0.3, -0.25) is 25.0 Å². The number of thiocarbonyl (C=S) groups is 2. The summed E-state index contributed by atoms with van der Waals surface area (Å²) in [6, 6.07) is 0. The zero-order chi connectivity index (χ0) is 18.8. The molecule has 1 rings (SSSR count). The average molecular weight is 371 g/mol. The van der Waals surface area contributed by atoms with Crippen LogP contribution in [-0.2, 0) is 6.42 Å². The van der Waals surface area contributed by atoms with Crippen LogP contribution in [0.2, 0.25) is 0 Å². The molecule has 10 nitrogen and oxygen atoms in total. The third kappa shape index (κ3) is 3.28. The van der Waals surface area contributed by atoms with E-state index in [0.717, 1.165) is 0 Å². The van der Waals surface area contributed by atoms with E-state index in [2.05, 4.69) is 0 Å². The van der Waals surface area contributed by atoms with E-state index < -0.39 is 53.8 Å². The number of nitrogens with zero attached hydrogens (tertiary/aromatic N) is 2. The second-order valence-electron chi connectivity index (χ2n) is 4.66. The Morgan fingerprint density at radius 3 is 1.54 bits per heavy atom. The lowest BCUT2D eigenvalue weighted by Crippen LogP contribution is -2.28. The monoisotopic (exact) mass is 371 g/mol. The Hall–Kier alpha value is -2.73. The molecule has 0 aliphatic rings. The molecule has 1 aromatic rings. The third-order valence-electron chi connectivity index (χ3n) is 3.15. The first kappa shape index (κ1) is 19.3. The predicted molar refractivity (Wildman–Crippen MR) is 94.0 cm³/mol. The van der Waals surface area contributed by atoms with Crippen molar-refractivity contribution < 1.29 is 14.6 Å². The highest BCUT2D eigenvalue weighted by Gasteiger charge is 2.39. The SMILES string of the molecule is CCCc1c([N+](=O)[O-])c(C(N)=S)c(C(N)=O)c(C(N)=S)c1[N+](=O)[O-]. The number of primary amides is 1. The van der Waals surface area contributed by atoms with E-state index in [1.54, 1.807) is 6.92 Å². The van der Waals surface area contributed by atoms with E-state index in [1.165, 1.54) is 0 Å². The minimum atomic E-state index is -1.21. The minimum absolute atomic E-state index is 0.0447. The molecule has 0 aliphatic carbocycles. The van der Waals surface area contributed by atoms with Crippen molar-refractivity contribution in [2.24, 2.45) is 17.2 Å². The molecule has 24 heavy (non-hydrogen) atoms. The van der Waals surface area contributed by atoms with Gasteiger partial charge in [-0.25, -0.2) is 0 Å². The molecule has 0 aromatic heterocycles. The molecule has 6 N–H and O–H groups in total. The first-order chi connectivity index (χ1) is 11.1. The highest BCUT2D eigenvalue weighted by atomic mass is 32.1. The van der Waals surface area contributed by atoms with Gasteiger partial charge in [-0.15, -0.1) is 0 Å². The highest BCUT2D eigenvalue weighted by Crippen LogP contribution is 2.39. The fraction of sp³-hybridized carbons (Fsp3) is 0.250. The summed E-state index contributed by atoms with van der Waals surface area (Å²) in [5.74, 6) is -1.21. The quantitative estimate of drug-likeness (QED) is 0.355. The number of rotatable bonds is 7. The van der Waals surface area contributed by atoms with Crippen LogP contribution in [0, 0.1) is 20.2 Å². The Morgan fingerprint density at radius 1 is 0.958 bits per heavy atom. The second-order valence-corrected chi connectivity index (χ2v) is 5.54. The summed E-state index contributed by atoms with van der Waals surface area (Å²) in [7, 11) is 0. The van der Waals surface area contributed by atoms with Crippen LogP contribution < -0.4 is 17.2 Å². The van der Waals surface area contributed by atoms with Crippen molar-refractivity contribution in [2.75, 3.05) is 0 Å². The standard InChI is InChI=1S/C12H13N5O5S2/c1-2-3-4-8(16(19)20)6(11(14)23)5(10(13)18)7(12(15)24)9(4)17(21)22/h2-3H2,1H3,(H2,13,18)(H2,14,23)(H2,15,24). The van der Waals surface area contributed by atoms with E-state index in [1.807, 2.05) is 0 Å². The smallest absolute Gasteiger partial charge is 0.290 e. The maximum Gasteiger partial charge on any atom is 0.290 e. The Morgan fingerprint density at radius 2 is 1.33 bits per heavy atom. The van der Waals surface area contributed by atoms with Gasteiger partial charge < -0.3 is 17.2 Å². The van der Waals surface area contributed by atoms with E-state index in [-0.39, 0.29) is 12.0 Å². The molecular weight excluding hydrogens is 358 g/mol. The Bertz CT molecular complexity index is 740. The summed E-state index contributed by atoms with van der Waals surface area (Å²) >= 11 is 9.57. The normalized spacial score (nSPS) is 10.2. The molecule has 0 atom stereocenters. The zero-order valence-corrected chi connectivity index (χ0v) is 14.0. The summed E-state index contributed by atoms with van der Waals surface area (Å²) in [4.78, 5) is 32.0. The number of carbonyl (C=O) groups is 1. The molecule has 0 bridgehead atoms. The van der Waals surface area contributed by atoms with Gasteiger partial charge in [0.05, 0.1) is 15.4 Å². The zero-order valence-electron chi connectivity index (χ0n) is 12.4. The van der Waals surface area contributed by atoms with Gasteiger partial charge in [0.2, 0.25) is 0 Å². The van der Waals surface area contributed by atoms with Gasteiger partial charge >= 0.3 is 0 Å². The summed E-state index contributed by atoms with van der Waals surface area (Å²) in [5.41, 5.74) is 13.0. The first-order valence-electron chi connectivity index (χ1n) is 6.47. The van der Waals surface area contributed by atoms with Crippen LogP contribution >= 0.6 is 24.4 Å². The van der Waals surface area contributed by atoms with E-state index >= 15 is 0 Å². The van der Waals surface area contributed by atoms with Gasteiger partial charge in [-0.05, 0) is 6.42 Å². The molecule has 0 saturated heterocycles. The summed E-state index contributed by atoms with van der Waals surface area (Å²) < 4.78 is 0. The second kappa shape index (κ2) is 7.23. The van der Waals surface area contributed by atoms with E-state index in [4.69, 9.17) is 41.6 Å². The van der Waals surface area contributed by atoms with Crippen molar-refractivity contribution >= 4 is 51.7 Å². The maximum atomic E-state index is 11.8. The first-order valence-corrected chi connectivity index (χ1v) is 7.28. The number of nitrogens with two attached hydrogens (primary N) is 3. The summed E-state index contributed by atoms with van der Waals surface area (Å²) in [6.45, 7) is 1.66. The van der Waals surface area contributed by atoms with Crippen molar-refractivity contribution in [1.29, 1.82) is 0 Å². The Labute approximate surface area is 146 Å². The molecule has 0 fully saturated rings. The largest absolute Gasteiger partial charge is 0.389 e. The van der Waals surface area contributed by atoms with Crippen LogP contribution in [0.15, 0.2) is 0 Å². The van der Waals surface area contributed by atoms with Crippen LogP contribution in [0.5, 0.6) is 0 Å². The molecule has 0 radical (unpaired) electrons. The number of hydrogen-bond acceptors (Lipinski definition) is 7. The van der Waals surface area contributed by atoms with Crippen LogP contribution in [0.25, 0.3) is 0 Å². The molecule has 1 aromatic carbocycles. The Kier molecular flexibility index (Phi) is 5.82. The summed E-state index contributed by atoms with van der Waals surface area (Å²) in [5, 5.41) is 23.0. The van der Waals surface area contributed by atoms with Crippen molar-refractivity contribution in [2.45, 2.75) is 19.8 Å². The van der Waals surface area contributed by atoms with Crippen LogP contribution in [0.4, 0.5) is 11.4 Å². The molecule has 0 spiro atoms. The van der Waals surface area contributed by atoms with Crippen molar-refractivity contribution in [1.82, 2.24) is 0 Å². The number of benzene rings is 1. The predicted octanol–water partition coefficient (Wildman–Crippen LogP) is 0.823. The van der Waals surface area contributed by atoms with E-state index in [9.17, 15) is 25.0 Å².